The van der Waals surface area contributed by atoms with Crippen LogP contribution in [0.15, 0.2) is 53.4 Å². The van der Waals surface area contributed by atoms with E-state index in [1.807, 2.05) is 0 Å². The van der Waals surface area contributed by atoms with E-state index in [1.165, 1.54) is 35.6 Å². The fourth-order valence-corrected chi connectivity index (χ4v) is 5.67. The first-order chi connectivity index (χ1) is 17.0. The molecular weight excluding hydrogens is 501 g/mol. The maximum atomic E-state index is 13.7. The molecule has 0 aliphatic carbocycles. The van der Waals surface area contributed by atoms with Crippen LogP contribution in [0.5, 0.6) is 0 Å². The number of carbonyl (C=O) groups is 2. The third-order valence-corrected chi connectivity index (χ3v) is 7.84. The van der Waals surface area contributed by atoms with E-state index in [4.69, 9.17) is 4.74 Å². The molecule has 0 aromatic heterocycles. The van der Waals surface area contributed by atoms with Crippen LogP contribution in [0.2, 0.25) is 0 Å². The van der Waals surface area contributed by atoms with E-state index in [0.29, 0.717) is 24.9 Å². The molecule has 0 spiro atoms. The van der Waals surface area contributed by atoms with Gasteiger partial charge in [-0.1, -0.05) is 12.1 Å². The van der Waals surface area contributed by atoms with Crippen molar-refractivity contribution in [1.82, 2.24) is 9.21 Å². The summed E-state index contributed by atoms with van der Waals surface area (Å²) in [6.45, 7) is 0.304. The SMILES string of the molecule is COCC(=O)N1CCCC(N(Cc2ccc(C(=O)OC)cc2)S(=O)(=O)c2ccc(C(F)(F)F)cc2)C1. The fourth-order valence-electron chi connectivity index (χ4n) is 4.04. The van der Waals surface area contributed by atoms with Crippen molar-refractivity contribution in [2.45, 2.75) is 36.5 Å². The lowest BCUT2D eigenvalue weighted by Gasteiger charge is -2.38. The van der Waals surface area contributed by atoms with Crippen molar-refractivity contribution in [3.05, 3.63) is 65.2 Å². The maximum absolute atomic E-state index is 13.7. The highest BCUT2D eigenvalue weighted by atomic mass is 32.2. The lowest BCUT2D eigenvalue weighted by atomic mass is 10.0. The summed E-state index contributed by atoms with van der Waals surface area (Å²) < 4.78 is 77.1. The number of esters is 1. The molecule has 12 heteroatoms. The number of hydrogen-bond acceptors (Lipinski definition) is 6. The largest absolute Gasteiger partial charge is 0.465 e. The molecule has 1 saturated heterocycles. The first-order valence-corrected chi connectivity index (χ1v) is 12.5. The van der Waals surface area contributed by atoms with Crippen molar-refractivity contribution in [2.24, 2.45) is 0 Å². The Balaban J connectivity index is 1.96. The Morgan fingerprint density at radius 1 is 1.06 bits per heavy atom. The van der Waals surface area contributed by atoms with Gasteiger partial charge in [0.1, 0.15) is 6.61 Å². The van der Waals surface area contributed by atoms with Crippen molar-refractivity contribution in [3.8, 4) is 0 Å². The Bertz CT molecular complexity index is 1170. The molecule has 8 nitrogen and oxygen atoms in total. The number of halogens is 3. The minimum absolute atomic E-state index is 0.109. The number of ether oxygens (including phenoxy) is 2. The minimum Gasteiger partial charge on any atom is -0.465 e. The molecular formula is C24H27F3N2O6S. The molecule has 196 valence electrons. The summed E-state index contributed by atoms with van der Waals surface area (Å²) in [5.74, 6) is -0.827. The number of carbonyl (C=O) groups excluding carboxylic acids is 2. The summed E-state index contributed by atoms with van der Waals surface area (Å²) >= 11 is 0. The molecule has 1 unspecified atom stereocenters. The predicted octanol–water partition coefficient (Wildman–Crippen LogP) is 3.32. The van der Waals surface area contributed by atoms with Crippen molar-refractivity contribution in [1.29, 1.82) is 0 Å². The second kappa shape index (κ2) is 11.4. The average molecular weight is 529 g/mol. The van der Waals surface area contributed by atoms with Crippen LogP contribution >= 0.6 is 0 Å². The first kappa shape index (κ1) is 27.6. The molecule has 36 heavy (non-hydrogen) atoms. The number of sulfonamides is 1. The number of hydrogen-bond donors (Lipinski definition) is 0. The van der Waals surface area contributed by atoms with Gasteiger partial charge in [-0.25, -0.2) is 13.2 Å². The second-order valence-corrected chi connectivity index (χ2v) is 10.2. The zero-order chi connectivity index (χ0) is 26.5. The number of benzene rings is 2. The highest BCUT2D eigenvalue weighted by molar-refractivity contribution is 7.89. The van der Waals surface area contributed by atoms with E-state index in [9.17, 15) is 31.2 Å². The lowest BCUT2D eigenvalue weighted by molar-refractivity contribution is -0.138. The Morgan fingerprint density at radius 3 is 2.25 bits per heavy atom. The number of likely N-dealkylation sites (tertiary alicyclic amines) is 1. The molecule has 1 atom stereocenters. The molecule has 1 amide bonds. The predicted molar refractivity (Wildman–Crippen MR) is 123 cm³/mol. The summed E-state index contributed by atoms with van der Waals surface area (Å²) in [5, 5.41) is 0. The van der Waals surface area contributed by atoms with Gasteiger partial charge in [0.2, 0.25) is 15.9 Å². The van der Waals surface area contributed by atoms with Crippen LogP contribution in [-0.4, -0.2) is 69.5 Å². The van der Waals surface area contributed by atoms with E-state index in [1.54, 1.807) is 12.1 Å². The van der Waals surface area contributed by atoms with Gasteiger partial charge < -0.3 is 14.4 Å². The van der Waals surface area contributed by atoms with Gasteiger partial charge in [0.05, 0.1) is 23.1 Å². The average Bonchev–Trinajstić information content (AvgIpc) is 2.87. The summed E-state index contributed by atoms with van der Waals surface area (Å²) in [7, 11) is -1.62. The zero-order valence-electron chi connectivity index (χ0n) is 19.8. The van der Waals surface area contributed by atoms with Crippen molar-refractivity contribution in [3.63, 3.8) is 0 Å². The summed E-state index contributed by atoms with van der Waals surface area (Å²) in [6.07, 6.45) is -3.60. The van der Waals surface area contributed by atoms with Crippen LogP contribution in [0.25, 0.3) is 0 Å². The Kier molecular flexibility index (Phi) is 8.75. The Hall–Kier alpha value is -2.96. The van der Waals surface area contributed by atoms with Crippen molar-refractivity contribution >= 4 is 21.9 Å². The molecule has 1 heterocycles. The molecule has 0 bridgehead atoms. The van der Waals surface area contributed by atoms with E-state index in [-0.39, 0.29) is 36.1 Å². The van der Waals surface area contributed by atoms with Gasteiger partial charge in [-0.15, -0.1) is 0 Å². The van der Waals surface area contributed by atoms with Gasteiger partial charge in [-0.3, -0.25) is 4.79 Å². The number of alkyl halides is 3. The molecule has 0 radical (unpaired) electrons. The second-order valence-electron chi connectivity index (χ2n) is 8.33. The van der Waals surface area contributed by atoms with Crippen LogP contribution in [0.3, 0.4) is 0 Å². The van der Waals surface area contributed by atoms with Crippen LogP contribution < -0.4 is 0 Å². The normalized spacial score (nSPS) is 16.7. The smallest absolute Gasteiger partial charge is 0.416 e. The topological polar surface area (TPSA) is 93.2 Å². The molecule has 0 N–H and O–H groups in total. The van der Waals surface area contributed by atoms with E-state index in [0.717, 1.165) is 24.3 Å². The molecule has 1 fully saturated rings. The molecule has 2 aromatic carbocycles. The van der Waals surface area contributed by atoms with Gasteiger partial charge in [-0.05, 0) is 54.8 Å². The monoisotopic (exact) mass is 528 g/mol. The van der Waals surface area contributed by atoms with Crippen molar-refractivity contribution in [2.75, 3.05) is 33.9 Å². The van der Waals surface area contributed by atoms with Gasteiger partial charge in [0, 0.05) is 32.8 Å². The van der Waals surface area contributed by atoms with Gasteiger partial charge in [0.25, 0.3) is 0 Å². The maximum Gasteiger partial charge on any atom is 0.416 e. The molecule has 3 rings (SSSR count). The number of amides is 1. The van der Waals surface area contributed by atoms with Crippen LogP contribution in [0, 0.1) is 0 Å². The summed E-state index contributed by atoms with van der Waals surface area (Å²) in [6, 6.07) is 8.86. The first-order valence-electron chi connectivity index (χ1n) is 11.1. The van der Waals surface area contributed by atoms with Crippen LogP contribution in [-0.2, 0) is 37.0 Å². The van der Waals surface area contributed by atoms with Crippen molar-refractivity contribution < 1.29 is 40.7 Å². The lowest BCUT2D eigenvalue weighted by Crippen LogP contribution is -2.52. The molecule has 1 aliphatic heterocycles. The van der Waals surface area contributed by atoms with E-state index >= 15 is 0 Å². The third kappa shape index (κ3) is 6.42. The third-order valence-electron chi connectivity index (χ3n) is 5.93. The van der Waals surface area contributed by atoms with E-state index < -0.39 is 33.8 Å². The van der Waals surface area contributed by atoms with E-state index in [2.05, 4.69) is 4.74 Å². The molecule has 1 aliphatic rings. The summed E-state index contributed by atoms with van der Waals surface area (Å²) in [4.78, 5) is 25.4. The number of piperidine rings is 1. The highest BCUT2D eigenvalue weighted by Gasteiger charge is 2.36. The van der Waals surface area contributed by atoms with Crippen LogP contribution in [0.4, 0.5) is 13.2 Å². The minimum atomic E-state index is -4.60. The van der Waals surface area contributed by atoms with Crippen LogP contribution in [0.1, 0.15) is 34.3 Å². The quantitative estimate of drug-likeness (QED) is 0.488. The fraction of sp³-hybridized carbons (Fsp3) is 0.417. The Morgan fingerprint density at radius 2 is 1.69 bits per heavy atom. The van der Waals surface area contributed by atoms with Gasteiger partial charge in [-0.2, -0.15) is 17.5 Å². The molecule has 2 aromatic rings. The van der Waals surface area contributed by atoms with Gasteiger partial charge >= 0.3 is 12.1 Å². The standard InChI is InChI=1S/C24H27F3N2O6S/c1-34-16-22(30)28-13-3-4-20(15-28)29(14-17-5-7-18(8-6-17)23(31)35-2)36(32,33)21-11-9-19(10-12-21)24(25,26)27/h5-12,20H,3-4,13-16H2,1-2H3. The zero-order valence-corrected chi connectivity index (χ0v) is 20.6. The Labute approximate surface area is 207 Å². The van der Waals surface area contributed by atoms with Gasteiger partial charge in [0.15, 0.2) is 0 Å². The highest BCUT2D eigenvalue weighted by Crippen LogP contribution is 2.31. The summed E-state index contributed by atoms with van der Waals surface area (Å²) in [5.41, 5.74) is -0.119. The molecule has 0 saturated carbocycles. The number of nitrogens with zero attached hydrogens (tertiary/aromatic N) is 2. The number of methoxy groups -OCH3 is 2. The number of rotatable bonds is 8.